The van der Waals surface area contributed by atoms with E-state index in [-0.39, 0.29) is 0 Å². The highest BCUT2D eigenvalue weighted by molar-refractivity contribution is 5.52. The van der Waals surface area contributed by atoms with Gasteiger partial charge >= 0.3 is 0 Å². The quantitative estimate of drug-likeness (QED) is 0.910. The molecule has 2 aromatic rings. The van der Waals surface area contributed by atoms with Crippen molar-refractivity contribution < 1.29 is 4.74 Å². The largest absolute Gasteiger partial charge is 0.496 e. The van der Waals surface area contributed by atoms with Crippen molar-refractivity contribution in [1.82, 2.24) is 4.98 Å². The van der Waals surface area contributed by atoms with Gasteiger partial charge in [0.25, 0.3) is 0 Å². The molecule has 0 fully saturated rings. The number of nitrogens with one attached hydrogen (secondary N) is 1. The van der Waals surface area contributed by atoms with Crippen LogP contribution in [0.3, 0.4) is 0 Å². The Kier molecular flexibility index (Phi) is 3.11. The third-order valence-electron chi connectivity index (χ3n) is 3.69. The fourth-order valence-corrected chi connectivity index (χ4v) is 2.72. The number of fused-ring (bicyclic) bond motifs is 1. The molecular weight excluding hydrogens is 236 g/mol. The van der Waals surface area contributed by atoms with Crippen LogP contribution in [0.2, 0.25) is 0 Å². The van der Waals surface area contributed by atoms with Crippen molar-refractivity contribution in [3.8, 4) is 5.75 Å². The van der Waals surface area contributed by atoms with Crippen LogP contribution in [0.1, 0.15) is 29.3 Å². The molecule has 98 valence electrons. The number of ether oxygens (including phenoxy) is 1. The monoisotopic (exact) mass is 254 g/mol. The molecule has 1 atom stereocenters. The van der Waals surface area contributed by atoms with Gasteiger partial charge in [0, 0.05) is 11.9 Å². The summed E-state index contributed by atoms with van der Waals surface area (Å²) in [5, 5.41) is 3.57. The number of nitrogens with zero attached hydrogens (tertiary/aromatic N) is 1. The van der Waals surface area contributed by atoms with Gasteiger partial charge in [0.05, 0.1) is 18.8 Å². The molecule has 3 nitrogen and oxygen atoms in total. The normalized spacial score (nSPS) is 17.1. The van der Waals surface area contributed by atoms with Gasteiger partial charge in [-0.05, 0) is 55.2 Å². The Morgan fingerprint density at radius 1 is 1.32 bits per heavy atom. The molecule has 1 heterocycles. The Hall–Kier alpha value is -2.03. The van der Waals surface area contributed by atoms with Gasteiger partial charge in [0.15, 0.2) is 0 Å². The first kappa shape index (κ1) is 12.0. The summed E-state index contributed by atoms with van der Waals surface area (Å²) in [7, 11) is 1.70. The zero-order valence-corrected chi connectivity index (χ0v) is 11.3. The van der Waals surface area contributed by atoms with Gasteiger partial charge in [-0.15, -0.1) is 0 Å². The molecule has 19 heavy (non-hydrogen) atoms. The Bertz CT molecular complexity index is 595. The Morgan fingerprint density at radius 3 is 3.00 bits per heavy atom. The Balaban J connectivity index is 1.81. The maximum absolute atomic E-state index is 5.29. The summed E-state index contributed by atoms with van der Waals surface area (Å²) in [6.07, 6.45) is 4.09. The van der Waals surface area contributed by atoms with Gasteiger partial charge in [0.1, 0.15) is 5.75 Å². The van der Waals surface area contributed by atoms with Crippen LogP contribution in [0, 0.1) is 6.92 Å². The minimum Gasteiger partial charge on any atom is -0.496 e. The molecule has 1 aromatic heterocycles. The highest BCUT2D eigenvalue weighted by atomic mass is 16.5. The number of aromatic nitrogens is 1. The summed E-state index contributed by atoms with van der Waals surface area (Å²) in [6, 6.07) is 10.7. The van der Waals surface area contributed by atoms with E-state index in [1.165, 1.54) is 11.3 Å². The fourth-order valence-electron chi connectivity index (χ4n) is 2.72. The summed E-state index contributed by atoms with van der Waals surface area (Å²) in [5.41, 5.74) is 4.83. The molecule has 0 aliphatic heterocycles. The molecule has 1 N–H and O–H groups in total. The van der Waals surface area contributed by atoms with Crippen LogP contribution in [-0.4, -0.2) is 12.1 Å². The van der Waals surface area contributed by atoms with Crippen molar-refractivity contribution in [1.29, 1.82) is 0 Å². The lowest BCUT2D eigenvalue weighted by molar-refractivity contribution is 0.412. The zero-order chi connectivity index (χ0) is 13.2. The van der Waals surface area contributed by atoms with Crippen LogP contribution >= 0.6 is 0 Å². The third-order valence-corrected chi connectivity index (χ3v) is 3.69. The van der Waals surface area contributed by atoms with E-state index in [0.717, 1.165) is 29.8 Å². The van der Waals surface area contributed by atoms with Crippen molar-refractivity contribution in [3.05, 3.63) is 53.3 Å². The predicted molar refractivity (Wildman–Crippen MR) is 76.7 cm³/mol. The number of pyridine rings is 1. The Labute approximate surface area is 113 Å². The second kappa shape index (κ2) is 4.92. The average Bonchev–Trinajstić information content (AvgIpc) is 2.83. The third kappa shape index (κ3) is 2.28. The van der Waals surface area contributed by atoms with E-state index in [1.807, 2.05) is 18.3 Å². The molecular formula is C16H18N2O. The summed E-state index contributed by atoms with van der Waals surface area (Å²) >= 11 is 0. The highest BCUT2D eigenvalue weighted by Crippen LogP contribution is 2.33. The Morgan fingerprint density at radius 2 is 2.21 bits per heavy atom. The van der Waals surface area contributed by atoms with Gasteiger partial charge < -0.3 is 10.1 Å². The van der Waals surface area contributed by atoms with Crippen LogP contribution in [0.15, 0.2) is 36.5 Å². The van der Waals surface area contributed by atoms with E-state index in [2.05, 4.69) is 35.4 Å². The first-order chi connectivity index (χ1) is 9.28. The van der Waals surface area contributed by atoms with Crippen LogP contribution in [-0.2, 0) is 6.42 Å². The summed E-state index contributed by atoms with van der Waals surface area (Å²) in [5.74, 6) is 0.926. The molecule has 0 amide bonds. The maximum atomic E-state index is 5.29. The van der Waals surface area contributed by atoms with Gasteiger partial charge in [-0.3, -0.25) is 4.98 Å². The molecule has 1 aliphatic rings. The molecule has 0 radical (unpaired) electrons. The average molecular weight is 254 g/mol. The number of benzene rings is 1. The molecule has 1 aliphatic carbocycles. The molecule has 0 saturated heterocycles. The zero-order valence-electron chi connectivity index (χ0n) is 11.3. The first-order valence-corrected chi connectivity index (χ1v) is 6.63. The van der Waals surface area contributed by atoms with E-state index in [4.69, 9.17) is 4.74 Å². The standard InChI is InChI=1S/C16H18N2O/c1-11-10-13(6-8-15(11)19-2)18-14-7-5-12-4-3-9-17-16(12)14/h3-4,6,8-10,14,18H,5,7H2,1-2H3. The maximum Gasteiger partial charge on any atom is 0.121 e. The lowest BCUT2D eigenvalue weighted by Crippen LogP contribution is -2.08. The van der Waals surface area contributed by atoms with Gasteiger partial charge in [-0.25, -0.2) is 0 Å². The summed E-state index contributed by atoms with van der Waals surface area (Å²) in [4.78, 5) is 4.51. The second-order valence-corrected chi connectivity index (χ2v) is 4.97. The van der Waals surface area contributed by atoms with E-state index in [0.29, 0.717) is 6.04 Å². The molecule has 0 saturated carbocycles. The van der Waals surface area contributed by atoms with E-state index in [9.17, 15) is 0 Å². The molecule has 3 rings (SSSR count). The van der Waals surface area contributed by atoms with Crippen molar-refractivity contribution in [2.24, 2.45) is 0 Å². The molecule has 0 bridgehead atoms. The van der Waals surface area contributed by atoms with Crippen LogP contribution in [0.4, 0.5) is 5.69 Å². The van der Waals surface area contributed by atoms with E-state index < -0.39 is 0 Å². The predicted octanol–water partition coefficient (Wildman–Crippen LogP) is 3.50. The van der Waals surface area contributed by atoms with E-state index >= 15 is 0 Å². The molecule has 1 aromatic carbocycles. The smallest absolute Gasteiger partial charge is 0.121 e. The molecule has 1 unspecified atom stereocenters. The number of rotatable bonds is 3. The SMILES string of the molecule is COc1ccc(NC2CCc3cccnc32)cc1C. The van der Waals surface area contributed by atoms with Crippen LogP contribution in [0.5, 0.6) is 5.75 Å². The van der Waals surface area contributed by atoms with E-state index in [1.54, 1.807) is 7.11 Å². The van der Waals surface area contributed by atoms with Crippen molar-refractivity contribution in [2.75, 3.05) is 12.4 Å². The molecule has 0 spiro atoms. The van der Waals surface area contributed by atoms with Crippen molar-refractivity contribution in [3.63, 3.8) is 0 Å². The minimum atomic E-state index is 0.323. The first-order valence-electron chi connectivity index (χ1n) is 6.63. The lowest BCUT2D eigenvalue weighted by Gasteiger charge is -2.16. The van der Waals surface area contributed by atoms with Gasteiger partial charge in [-0.2, -0.15) is 0 Å². The van der Waals surface area contributed by atoms with Crippen LogP contribution < -0.4 is 10.1 Å². The van der Waals surface area contributed by atoms with Crippen molar-refractivity contribution >= 4 is 5.69 Å². The fraction of sp³-hybridized carbons (Fsp3) is 0.312. The number of hydrogen-bond donors (Lipinski definition) is 1. The topological polar surface area (TPSA) is 34.1 Å². The van der Waals surface area contributed by atoms with Crippen molar-refractivity contribution in [2.45, 2.75) is 25.8 Å². The summed E-state index contributed by atoms with van der Waals surface area (Å²) in [6.45, 7) is 2.06. The number of methoxy groups -OCH3 is 1. The second-order valence-electron chi connectivity index (χ2n) is 4.97. The van der Waals surface area contributed by atoms with Gasteiger partial charge in [0.2, 0.25) is 0 Å². The van der Waals surface area contributed by atoms with Gasteiger partial charge in [-0.1, -0.05) is 6.07 Å². The number of hydrogen-bond acceptors (Lipinski definition) is 3. The van der Waals surface area contributed by atoms with Crippen LogP contribution in [0.25, 0.3) is 0 Å². The number of aryl methyl sites for hydroxylation is 2. The summed E-state index contributed by atoms with van der Waals surface area (Å²) < 4.78 is 5.29. The number of anilines is 1. The highest BCUT2D eigenvalue weighted by Gasteiger charge is 2.23. The molecule has 3 heteroatoms. The minimum absolute atomic E-state index is 0.323. The lowest BCUT2D eigenvalue weighted by atomic mass is 10.1.